The predicted molar refractivity (Wildman–Crippen MR) is 123 cm³/mol. The van der Waals surface area contributed by atoms with Gasteiger partial charge in [0.05, 0.1) is 21.7 Å². The summed E-state index contributed by atoms with van der Waals surface area (Å²) in [6.45, 7) is 0.481. The zero-order valence-electron chi connectivity index (χ0n) is 16.2. The highest BCUT2D eigenvalue weighted by Crippen LogP contribution is 2.28. The molecule has 4 rings (SSSR count). The summed E-state index contributed by atoms with van der Waals surface area (Å²) in [5, 5.41) is 1.00. The average molecular weight is 494 g/mol. The lowest BCUT2D eigenvalue weighted by Crippen LogP contribution is -2.40. The number of carbonyl (C=O) groups is 1. The van der Waals surface area contributed by atoms with Crippen molar-refractivity contribution in [1.29, 1.82) is 0 Å². The Morgan fingerprint density at radius 3 is 2.61 bits per heavy atom. The van der Waals surface area contributed by atoms with Gasteiger partial charge >= 0.3 is 0 Å². The molecule has 0 aliphatic carbocycles. The minimum Gasteiger partial charge on any atom is -0.305 e. The molecular weight excluding hydrogens is 477 g/mol. The third-order valence-electron chi connectivity index (χ3n) is 5.01. The van der Waals surface area contributed by atoms with Crippen molar-refractivity contribution < 1.29 is 13.2 Å². The molecule has 0 bridgehead atoms. The SMILES string of the molecule is C#CCn1c(=NC(=O)C2CCCN2S(=O)(=O)c2ccc(Cl)cc2)sc2cc(Cl)ccc21. The van der Waals surface area contributed by atoms with Crippen molar-refractivity contribution in [3.8, 4) is 12.3 Å². The molecule has 3 aromatic rings. The zero-order valence-corrected chi connectivity index (χ0v) is 19.3. The maximum atomic E-state index is 13.1. The number of hydrogen-bond acceptors (Lipinski definition) is 4. The van der Waals surface area contributed by atoms with Crippen molar-refractivity contribution in [2.75, 3.05) is 6.54 Å². The first-order valence-corrected chi connectivity index (χ1v) is 12.4. The molecule has 0 radical (unpaired) electrons. The lowest BCUT2D eigenvalue weighted by molar-refractivity contribution is -0.121. The van der Waals surface area contributed by atoms with Gasteiger partial charge in [0.25, 0.3) is 5.91 Å². The summed E-state index contributed by atoms with van der Waals surface area (Å²) in [7, 11) is -3.85. The van der Waals surface area contributed by atoms with Crippen LogP contribution >= 0.6 is 34.5 Å². The Hall–Kier alpha value is -2.15. The van der Waals surface area contributed by atoms with Gasteiger partial charge in [-0.2, -0.15) is 9.30 Å². The summed E-state index contributed by atoms with van der Waals surface area (Å²) >= 11 is 13.2. The highest BCUT2D eigenvalue weighted by atomic mass is 35.5. The van der Waals surface area contributed by atoms with Crippen molar-refractivity contribution in [2.45, 2.75) is 30.3 Å². The van der Waals surface area contributed by atoms with E-state index in [4.69, 9.17) is 29.6 Å². The van der Waals surface area contributed by atoms with Crippen molar-refractivity contribution in [1.82, 2.24) is 8.87 Å². The monoisotopic (exact) mass is 493 g/mol. The Morgan fingerprint density at radius 2 is 1.90 bits per heavy atom. The number of thiazole rings is 1. The molecule has 1 amide bonds. The van der Waals surface area contributed by atoms with E-state index in [9.17, 15) is 13.2 Å². The number of sulfonamides is 1. The maximum Gasteiger partial charge on any atom is 0.266 e. The number of benzene rings is 2. The Bertz CT molecular complexity index is 1370. The van der Waals surface area contributed by atoms with Crippen LogP contribution in [0.25, 0.3) is 10.2 Å². The van der Waals surface area contributed by atoms with Crippen LogP contribution in [-0.2, 0) is 21.4 Å². The van der Waals surface area contributed by atoms with Gasteiger partial charge in [0.2, 0.25) is 10.0 Å². The Balaban J connectivity index is 1.72. The van der Waals surface area contributed by atoms with Gasteiger partial charge in [-0.1, -0.05) is 40.5 Å². The van der Waals surface area contributed by atoms with E-state index in [-0.39, 0.29) is 18.0 Å². The van der Waals surface area contributed by atoms with Crippen molar-refractivity contribution >= 4 is 60.7 Å². The van der Waals surface area contributed by atoms with E-state index in [1.54, 1.807) is 16.7 Å². The Morgan fingerprint density at radius 1 is 1.19 bits per heavy atom. The topological polar surface area (TPSA) is 71.7 Å². The molecular formula is C21H17Cl2N3O3S2. The molecule has 1 fully saturated rings. The molecule has 1 aliphatic heterocycles. The molecule has 0 saturated carbocycles. The average Bonchev–Trinajstić information content (AvgIpc) is 3.34. The van der Waals surface area contributed by atoms with Crippen LogP contribution in [0.2, 0.25) is 10.0 Å². The van der Waals surface area contributed by atoms with Crippen molar-refractivity contribution in [3.63, 3.8) is 0 Å². The summed E-state index contributed by atoms with van der Waals surface area (Å²) in [4.78, 5) is 17.9. The molecule has 31 heavy (non-hydrogen) atoms. The maximum absolute atomic E-state index is 13.1. The second-order valence-electron chi connectivity index (χ2n) is 6.96. The number of halogens is 2. The first kappa shape index (κ1) is 22.1. The van der Waals surface area contributed by atoms with E-state index >= 15 is 0 Å². The lowest BCUT2D eigenvalue weighted by atomic mass is 10.2. The minimum absolute atomic E-state index is 0.0931. The zero-order chi connectivity index (χ0) is 22.2. The first-order chi connectivity index (χ1) is 14.8. The van der Waals surface area contributed by atoms with Gasteiger partial charge in [-0.3, -0.25) is 4.79 Å². The largest absolute Gasteiger partial charge is 0.305 e. The van der Waals surface area contributed by atoms with Gasteiger partial charge in [0.1, 0.15) is 6.04 Å². The van der Waals surface area contributed by atoms with E-state index in [2.05, 4.69) is 10.9 Å². The van der Waals surface area contributed by atoms with Crippen LogP contribution in [0, 0.1) is 12.3 Å². The standard InChI is InChI=1S/C21H17Cl2N3O3S2/c1-2-11-25-17-10-7-15(23)13-19(17)30-21(25)24-20(27)18-4-3-12-26(18)31(28,29)16-8-5-14(22)6-9-16/h1,5-10,13,18H,3-4,11-12H2. The number of fused-ring (bicyclic) bond motifs is 1. The smallest absolute Gasteiger partial charge is 0.266 e. The predicted octanol–water partition coefficient (Wildman–Crippen LogP) is 3.92. The second kappa shape index (κ2) is 8.77. The van der Waals surface area contributed by atoms with Crippen molar-refractivity contribution in [3.05, 3.63) is 57.3 Å². The number of rotatable bonds is 4. The minimum atomic E-state index is -3.85. The van der Waals surface area contributed by atoms with Gasteiger partial charge in [0, 0.05) is 16.6 Å². The number of aromatic nitrogens is 1. The number of carbonyl (C=O) groups excluding carboxylic acids is 1. The molecule has 10 heteroatoms. The molecule has 1 aliphatic rings. The fourth-order valence-corrected chi connectivity index (χ4v) is 6.65. The molecule has 160 valence electrons. The third-order valence-corrected chi connectivity index (χ3v) is 8.46. The van der Waals surface area contributed by atoms with Gasteiger partial charge < -0.3 is 4.57 Å². The van der Waals surface area contributed by atoms with Crippen LogP contribution in [0.1, 0.15) is 12.8 Å². The van der Waals surface area contributed by atoms with Gasteiger partial charge in [-0.05, 0) is 55.3 Å². The van der Waals surface area contributed by atoms with Gasteiger partial charge in [-0.15, -0.1) is 6.42 Å². The quantitative estimate of drug-likeness (QED) is 0.517. The summed E-state index contributed by atoms with van der Waals surface area (Å²) in [6, 6.07) is 10.4. The molecule has 1 atom stereocenters. The van der Waals surface area contributed by atoms with Crippen LogP contribution in [-0.4, -0.2) is 35.8 Å². The second-order valence-corrected chi connectivity index (χ2v) is 10.7. The van der Waals surface area contributed by atoms with Gasteiger partial charge in [-0.25, -0.2) is 8.42 Å². The van der Waals surface area contributed by atoms with Crippen LogP contribution in [0.15, 0.2) is 52.4 Å². The van der Waals surface area contributed by atoms with Gasteiger partial charge in [0.15, 0.2) is 4.80 Å². The molecule has 6 nitrogen and oxygen atoms in total. The highest BCUT2D eigenvalue weighted by Gasteiger charge is 2.39. The normalized spacial score (nSPS) is 17.8. The molecule has 1 unspecified atom stereocenters. The molecule has 0 spiro atoms. The molecule has 2 heterocycles. The first-order valence-electron chi connectivity index (χ1n) is 9.39. The van der Waals surface area contributed by atoms with Crippen LogP contribution in [0.4, 0.5) is 0 Å². The number of hydrogen-bond donors (Lipinski definition) is 0. The van der Waals surface area contributed by atoms with Crippen LogP contribution < -0.4 is 4.80 Å². The van der Waals surface area contributed by atoms with E-state index in [1.807, 2.05) is 6.07 Å². The number of nitrogens with zero attached hydrogens (tertiary/aromatic N) is 3. The molecule has 1 saturated heterocycles. The fourth-order valence-electron chi connectivity index (χ4n) is 3.56. The summed E-state index contributed by atoms with van der Waals surface area (Å²) in [6.07, 6.45) is 6.48. The van der Waals surface area contributed by atoms with E-state index in [0.717, 1.165) is 10.2 Å². The Labute approximate surface area is 193 Å². The lowest BCUT2D eigenvalue weighted by Gasteiger charge is -2.21. The summed E-state index contributed by atoms with van der Waals surface area (Å²) < 4.78 is 30.0. The van der Waals surface area contributed by atoms with E-state index < -0.39 is 22.0 Å². The van der Waals surface area contributed by atoms with E-state index in [1.165, 1.54) is 39.9 Å². The number of terminal acetylenes is 1. The van der Waals surface area contributed by atoms with Crippen LogP contribution in [0.3, 0.4) is 0 Å². The van der Waals surface area contributed by atoms with Crippen LogP contribution in [0.5, 0.6) is 0 Å². The Kier molecular flexibility index (Phi) is 6.24. The third kappa shape index (κ3) is 4.29. The summed E-state index contributed by atoms with van der Waals surface area (Å²) in [5.74, 6) is 2.05. The van der Waals surface area contributed by atoms with Crippen molar-refractivity contribution in [2.24, 2.45) is 4.99 Å². The molecule has 0 N–H and O–H groups in total. The van der Waals surface area contributed by atoms with E-state index in [0.29, 0.717) is 27.7 Å². The molecule has 2 aromatic carbocycles. The summed E-state index contributed by atoms with van der Waals surface area (Å²) in [5.41, 5.74) is 0.816. The highest BCUT2D eigenvalue weighted by molar-refractivity contribution is 7.89. The number of amides is 1. The molecule has 1 aromatic heterocycles. The fraction of sp³-hybridized carbons (Fsp3) is 0.238.